The zero-order valence-electron chi connectivity index (χ0n) is 42.7. The number of ketones is 2. The Morgan fingerprint density at radius 1 is 0.944 bits per heavy atom. The maximum Gasteiger partial charge on any atom is 0.315 e. The van der Waals surface area contributed by atoms with Crippen molar-refractivity contribution in [2.75, 3.05) is 66.0 Å². The molecule has 7 atom stereocenters. The molecule has 8 aliphatic rings. The van der Waals surface area contributed by atoms with Gasteiger partial charge in [-0.3, -0.25) is 33.9 Å². The van der Waals surface area contributed by atoms with Gasteiger partial charge in [-0.05, 0) is 45.7 Å². The number of hydrogen-bond acceptors (Lipinski definition) is 16. The van der Waals surface area contributed by atoms with E-state index in [1.807, 2.05) is 0 Å². The van der Waals surface area contributed by atoms with E-state index in [0.29, 0.717) is 51.0 Å². The molecule has 1 aliphatic carbocycles. The summed E-state index contributed by atoms with van der Waals surface area (Å²) in [6.45, 7) is 20.9. The second kappa shape index (κ2) is 20.6. The molecule has 2 amide bonds. The van der Waals surface area contributed by atoms with E-state index in [4.69, 9.17) is 19.2 Å². The number of rotatable bonds is 6. The largest absolute Gasteiger partial charge is 0.507 e. The molecule has 2 unspecified atom stereocenters. The molecule has 3 saturated heterocycles. The number of piperazine rings is 1. The minimum absolute atomic E-state index is 0.0239. The maximum absolute atomic E-state index is 14.8. The average molecular weight is 984 g/mol. The molecule has 5 bridgehead atoms. The van der Waals surface area contributed by atoms with Crippen LogP contribution in [0.2, 0.25) is 0 Å². The standard InChI is InChI=1S/C53H73N7O11/c1-29(2)26-58-18-16-53(17-19-58)55-42-39-40-47(65)34(7)49-41(39)50(67)52(8,71-49)69-24-11-10-15-36(70-38(62)25-37(61)60-22-20-59(21-23-60)35-27-57(9)28-35)32(5)46(64)33(6)45(63)30(3)13-12-14-31(4)51(68)54-44(48(40)66)43(42)56-53/h11-14,24,29-30,32-33,35-36,45-46,56,63-65H,10,15-23,25-28H2,1-9H3,(H,54,68)/b13-12+,24-11+,31-14-/t30?,32-,33+,36+,45-,46?,52-/m0/s1. The van der Waals surface area contributed by atoms with Crippen molar-refractivity contribution < 1.29 is 53.5 Å². The number of phenols is 1. The number of allylic oxidation sites excluding steroid dienone is 5. The van der Waals surface area contributed by atoms with E-state index >= 15 is 0 Å². The van der Waals surface area contributed by atoms with E-state index in [9.17, 15) is 39.3 Å². The molecule has 9 rings (SSSR count). The smallest absolute Gasteiger partial charge is 0.315 e. The summed E-state index contributed by atoms with van der Waals surface area (Å²) in [4.78, 5) is 84.4. The predicted molar refractivity (Wildman–Crippen MR) is 264 cm³/mol. The summed E-state index contributed by atoms with van der Waals surface area (Å²) in [5, 5.41) is 41.5. The molecule has 386 valence electrons. The molecule has 5 N–H and O–H groups in total. The number of likely N-dealkylation sites (N-methyl/N-ethyl adjacent to an activating group) is 1. The summed E-state index contributed by atoms with van der Waals surface area (Å²) in [5.74, 6) is -6.75. The average Bonchev–Trinajstić information content (AvgIpc) is 3.82. The fourth-order valence-electron chi connectivity index (χ4n) is 11.1. The fourth-order valence-corrected chi connectivity index (χ4v) is 11.1. The van der Waals surface area contributed by atoms with Gasteiger partial charge < -0.3 is 54.9 Å². The number of benzene rings is 1. The van der Waals surface area contributed by atoms with Crippen molar-refractivity contribution in [3.05, 3.63) is 69.8 Å². The Morgan fingerprint density at radius 2 is 1.63 bits per heavy atom. The maximum atomic E-state index is 14.8. The number of piperidine rings is 1. The fraction of sp³-hybridized carbons (Fsp3) is 0.623. The van der Waals surface area contributed by atoms with E-state index in [0.717, 1.165) is 32.7 Å². The van der Waals surface area contributed by atoms with Gasteiger partial charge in [0.1, 0.15) is 35.4 Å². The van der Waals surface area contributed by atoms with E-state index in [1.165, 1.54) is 13.2 Å². The van der Waals surface area contributed by atoms with Gasteiger partial charge in [-0.1, -0.05) is 52.8 Å². The van der Waals surface area contributed by atoms with Crippen molar-refractivity contribution in [2.24, 2.45) is 28.7 Å². The topological polar surface area (TPSA) is 223 Å². The number of nitrogens with zero attached hydrogens (tertiary/aromatic N) is 5. The first-order chi connectivity index (χ1) is 33.6. The molecular formula is C53H73N7O11. The van der Waals surface area contributed by atoms with E-state index in [2.05, 4.69) is 46.2 Å². The summed E-state index contributed by atoms with van der Waals surface area (Å²) in [6, 6.07) is 0.478. The summed E-state index contributed by atoms with van der Waals surface area (Å²) in [7, 11) is 2.08. The van der Waals surface area contributed by atoms with Gasteiger partial charge in [0.25, 0.3) is 11.7 Å². The van der Waals surface area contributed by atoms with Crippen LogP contribution in [0.1, 0.15) is 112 Å². The number of aliphatic imine (C=N–C) groups is 1. The molecule has 3 fully saturated rings. The number of likely N-dealkylation sites (tertiary alicyclic amines) is 2. The second-order valence-corrected chi connectivity index (χ2v) is 21.5. The first-order valence-corrected chi connectivity index (χ1v) is 25.4. The Kier molecular flexibility index (Phi) is 15.1. The van der Waals surface area contributed by atoms with Gasteiger partial charge in [-0.15, -0.1) is 0 Å². The lowest BCUT2D eigenvalue weighted by molar-refractivity contribution is -0.159. The normalized spacial score (nSPS) is 31.7. The number of aliphatic hydroxyl groups is 2. The van der Waals surface area contributed by atoms with E-state index in [-0.39, 0.29) is 69.4 Å². The highest BCUT2D eigenvalue weighted by atomic mass is 16.7. The number of aliphatic hydroxyl groups excluding tert-OH is 2. The van der Waals surface area contributed by atoms with Gasteiger partial charge in [0.15, 0.2) is 0 Å². The molecule has 18 nitrogen and oxygen atoms in total. The number of fused-ring (bicyclic) bond motifs is 13. The number of nitrogens with one attached hydrogen (secondary N) is 2. The second-order valence-electron chi connectivity index (χ2n) is 21.5. The third-order valence-electron chi connectivity index (χ3n) is 15.7. The molecule has 0 aromatic heterocycles. The van der Waals surface area contributed by atoms with E-state index < -0.39 is 83.1 Å². The number of aromatic hydroxyl groups is 1. The minimum Gasteiger partial charge on any atom is -0.507 e. The van der Waals surface area contributed by atoms with Crippen LogP contribution in [-0.4, -0.2) is 172 Å². The summed E-state index contributed by atoms with van der Waals surface area (Å²) in [6.07, 6.45) is 5.85. The van der Waals surface area contributed by atoms with Gasteiger partial charge in [0.2, 0.25) is 11.7 Å². The molecule has 18 heteroatoms. The van der Waals surface area contributed by atoms with Crippen molar-refractivity contribution in [1.82, 2.24) is 30.2 Å². The number of hydrogen-bond donors (Lipinski definition) is 5. The Hall–Kier alpha value is -5.40. The van der Waals surface area contributed by atoms with Crippen molar-refractivity contribution in [1.29, 1.82) is 0 Å². The molecule has 0 radical (unpaired) electrons. The summed E-state index contributed by atoms with van der Waals surface area (Å²) in [5.41, 5.74) is -0.185. The number of amides is 2. The van der Waals surface area contributed by atoms with Gasteiger partial charge in [0, 0.05) is 119 Å². The predicted octanol–water partition coefficient (Wildman–Crippen LogP) is 3.57. The Balaban J connectivity index is 1.08. The molecule has 1 aromatic carbocycles. The first kappa shape index (κ1) is 51.9. The molecule has 71 heavy (non-hydrogen) atoms. The van der Waals surface area contributed by atoms with Crippen LogP contribution < -0.4 is 15.4 Å². The van der Waals surface area contributed by atoms with Crippen LogP contribution in [0.3, 0.4) is 0 Å². The molecule has 1 aromatic rings. The SMILES string of the molecule is C/C1=C/C=C/C(C)[C@H](O)[C@@H](C)C(O)[C@@H](C)[C@H](OC(=O)CC(=O)N2CCN(C3CN(C)C3)CC2)CC/C=C/O[C@@]2(C)Oc3c(C)c(O)c4c(c3C2=O)C2=NC3(CCN(CC(C)C)CC3)NC2=C(NC1=O)C4=O. The zero-order chi connectivity index (χ0) is 51.3. The minimum atomic E-state index is -1.94. The Morgan fingerprint density at radius 3 is 2.30 bits per heavy atom. The molecule has 0 saturated carbocycles. The van der Waals surface area contributed by atoms with Crippen molar-refractivity contribution in [3.8, 4) is 11.5 Å². The monoisotopic (exact) mass is 984 g/mol. The number of phenolic OH excluding ortho intramolecular Hbond substituents is 1. The van der Waals surface area contributed by atoms with Crippen molar-refractivity contribution >= 4 is 35.1 Å². The molecule has 7 aliphatic heterocycles. The van der Waals surface area contributed by atoms with Crippen molar-refractivity contribution in [3.63, 3.8) is 0 Å². The summed E-state index contributed by atoms with van der Waals surface area (Å²) < 4.78 is 18.4. The number of esters is 1. The third-order valence-corrected chi connectivity index (χ3v) is 15.7. The van der Waals surface area contributed by atoms with Crippen LogP contribution in [0.5, 0.6) is 11.5 Å². The highest BCUT2D eigenvalue weighted by Crippen LogP contribution is 2.50. The molecule has 7 heterocycles. The lowest BCUT2D eigenvalue weighted by atomic mass is 9.81. The first-order valence-electron chi connectivity index (χ1n) is 25.4. The molecule has 1 spiro atoms. The van der Waals surface area contributed by atoms with Crippen LogP contribution in [0.15, 0.2) is 52.5 Å². The van der Waals surface area contributed by atoms with Gasteiger partial charge in [-0.2, -0.15) is 0 Å². The number of ether oxygens (including phenoxy) is 3. The van der Waals surface area contributed by atoms with Crippen LogP contribution >= 0.6 is 0 Å². The van der Waals surface area contributed by atoms with Crippen molar-refractivity contribution in [2.45, 2.75) is 123 Å². The lowest BCUT2D eigenvalue weighted by Gasteiger charge is -2.46. The third kappa shape index (κ3) is 10.3. The highest BCUT2D eigenvalue weighted by Gasteiger charge is 2.54. The van der Waals surface area contributed by atoms with Gasteiger partial charge >= 0.3 is 11.8 Å². The molecular weight excluding hydrogens is 911 g/mol. The van der Waals surface area contributed by atoms with E-state index in [1.54, 1.807) is 63.8 Å². The van der Waals surface area contributed by atoms with Crippen LogP contribution in [0, 0.1) is 30.6 Å². The van der Waals surface area contributed by atoms with Crippen LogP contribution in [-0.2, 0) is 23.9 Å². The Bertz CT molecular complexity index is 2460. The van der Waals surface area contributed by atoms with Gasteiger partial charge in [0.05, 0.1) is 41.0 Å². The van der Waals surface area contributed by atoms with Gasteiger partial charge in [-0.25, -0.2) is 0 Å². The lowest BCUT2D eigenvalue weighted by Crippen LogP contribution is -2.62. The Labute approximate surface area is 416 Å². The number of Topliss-reactive ketones (excluding diaryl/α,β-unsaturated/α-hetero) is 2. The number of carbonyl (C=O) groups excluding carboxylic acids is 5. The zero-order valence-corrected chi connectivity index (χ0v) is 42.7. The quantitative estimate of drug-likeness (QED) is 0.203. The summed E-state index contributed by atoms with van der Waals surface area (Å²) >= 11 is 0. The van der Waals surface area contributed by atoms with Crippen LogP contribution in [0.4, 0.5) is 0 Å². The van der Waals surface area contributed by atoms with Crippen LogP contribution in [0.25, 0.3) is 0 Å². The number of carbonyl (C=O) groups is 5. The highest BCUT2D eigenvalue weighted by molar-refractivity contribution is 6.34.